The van der Waals surface area contributed by atoms with Gasteiger partial charge in [0.2, 0.25) is 0 Å². The van der Waals surface area contributed by atoms with Gasteiger partial charge in [-0.15, -0.1) is 0 Å². The van der Waals surface area contributed by atoms with E-state index in [1.165, 1.54) is 19.3 Å². The molecule has 0 bridgehead atoms. The van der Waals surface area contributed by atoms with Crippen molar-refractivity contribution < 1.29 is 18.7 Å². The molecule has 0 aliphatic rings. The van der Waals surface area contributed by atoms with Gasteiger partial charge in [0.05, 0.1) is 18.4 Å². The van der Waals surface area contributed by atoms with Gasteiger partial charge in [0.25, 0.3) is 5.91 Å². The number of nitrogens with zero attached hydrogens (tertiary/aromatic N) is 1. The molecule has 138 valence electrons. The first-order valence-corrected chi connectivity index (χ1v) is 8.38. The highest BCUT2D eigenvalue weighted by Crippen LogP contribution is 2.23. The van der Waals surface area contributed by atoms with Crippen LogP contribution in [-0.2, 0) is 9.53 Å². The first-order chi connectivity index (χ1) is 13.6. The number of anilines is 1. The van der Waals surface area contributed by atoms with Crippen molar-refractivity contribution in [3.05, 3.63) is 83.6 Å². The zero-order chi connectivity index (χ0) is 19.9. The number of amides is 1. The Morgan fingerprint density at radius 2 is 1.75 bits per heavy atom. The molecular weight excluding hydrogens is 356 g/mol. The number of nitrogens with one attached hydrogen (secondary N) is 1. The number of benzene rings is 2. The molecule has 0 unspecified atom stereocenters. The summed E-state index contributed by atoms with van der Waals surface area (Å²) < 4.78 is 10.4. The fourth-order valence-electron chi connectivity index (χ4n) is 2.55. The molecule has 1 N–H and O–H groups in total. The second kappa shape index (κ2) is 8.52. The minimum atomic E-state index is -0.656. The molecule has 3 aromatic rings. The van der Waals surface area contributed by atoms with Gasteiger partial charge >= 0.3 is 5.97 Å². The number of carbonyl (C=O) groups is 2. The molecule has 3 rings (SSSR count). The van der Waals surface area contributed by atoms with Crippen LogP contribution in [0.3, 0.4) is 0 Å². The van der Waals surface area contributed by atoms with E-state index in [9.17, 15) is 14.9 Å². The predicted molar refractivity (Wildman–Crippen MR) is 104 cm³/mol. The van der Waals surface area contributed by atoms with E-state index < -0.39 is 11.9 Å². The van der Waals surface area contributed by atoms with Crippen molar-refractivity contribution in [3.8, 4) is 17.4 Å². The Morgan fingerprint density at radius 3 is 2.46 bits per heavy atom. The second-order valence-electron chi connectivity index (χ2n) is 5.73. The number of ether oxygens (including phenoxy) is 1. The molecule has 1 aromatic heterocycles. The van der Waals surface area contributed by atoms with Crippen LogP contribution in [0.2, 0.25) is 0 Å². The number of hydrogen-bond acceptors (Lipinski definition) is 5. The smallest absolute Gasteiger partial charge is 0.339 e. The summed E-state index contributed by atoms with van der Waals surface area (Å²) in [4.78, 5) is 24.3. The van der Waals surface area contributed by atoms with Crippen molar-refractivity contribution in [1.29, 1.82) is 5.26 Å². The van der Waals surface area contributed by atoms with Crippen LogP contribution < -0.4 is 5.32 Å². The van der Waals surface area contributed by atoms with Crippen molar-refractivity contribution in [2.45, 2.75) is 0 Å². The Morgan fingerprint density at radius 1 is 1.04 bits per heavy atom. The fourth-order valence-corrected chi connectivity index (χ4v) is 2.55. The quantitative estimate of drug-likeness (QED) is 0.410. The number of methoxy groups -OCH3 is 1. The number of esters is 1. The largest absolute Gasteiger partial charge is 0.465 e. The van der Waals surface area contributed by atoms with Gasteiger partial charge in [0.15, 0.2) is 0 Å². The molecular formula is C22H16N2O4. The van der Waals surface area contributed by atoms with Gasteiger partial charge in [-0.3, -0.25) is 4.79 Å². The molecule has 2 aromatic carbocycles. The molecule has 6 heteroatoms. The van der Waals surface area contributed by atoms with E-state index >= 15 is 0 Å². The molecule has 0 saturated carbocycles. The van der Waals surface area contributed by atoms with E-state index in [1.54, 1.807) is 30.3 Å². The lowest BCUT2D eigenvalue weighted by atomic mass is 10.1. The molecule has 6 nitrogen and oxygen atoms in total. The maximum atomic E-state index is 12.5. The van der Waals surface area contributed by atoms with Gasteiger partial charge in [0.1, 0.15) is 23.2 Å². The molecule has 0 saturated heterocycles. The van der Waals surface area contributed by atoms with E-state index in [0.29, 0.717) is 11.5 Å². The fraction of sp³-hybridized carbons (Fsp3) is 0.0455. The lowest BCUT2D eigenvalue weighted by Crippen LogP contribution is -2.16. The number of rotatable bonds is 5. The van der Waals surface area contributed by atoms with Crippen LogP contribution in [0, 0.1) is 11.3 Å². The summed E-state index contributed by atoms with van der Waals surface area (Å²) in [6.45, 7) is 0. The Balaban J connectivity index is 1.83. The third-order valence-corrected chi connectivity index (χ3v) is 3.92. The minimum Gasteiger partial charge on any atom is -0.465 e. The van der Waals surface area contributed by atoms with Gasteiger partial charge in [-0.25, -0.2) is 4.79 Å². The predicted octanol–water partition coefficient (Wildman–Crippen LogP) is 4.28. The van der Waals surface area contributed by atoms with E-state index in [-0.39, 0.29) is 16.8 Å². The van der Waals surface area contributed by atoms with Gasteiger partial charge < -0.3 is 14.5 Å². The Hall–Kier alpha value is -4.11. The topological polar surface area (TPSA) is 92.3 Å². The Kier molecular flexibility index (Phi) is 5.68. The first kappa shape index (κ1) is 18.7. The molecule has 0 aliphatic carbocycles. The summed E-state index contributed by atoms with van der Waals surface area (Å²) >= 11 is 0. The second-order valence-corrected chi connectivity index (χ2v) is 5.73. The highest BCUT2D eigenvalue weighted by atomic mass is 16.5. The maximum absolute atomic E-state index is 12.5. The van der Waals surface area contributed by atoms with E-state index in [4.69, 9.17) is 9.15 Å². The highest BCUT2D eigenvalue weighted by Gasteiger charge is 2.16. The number of nitriles is 1. The Bertz CT molecular complexity index is 1080. The zero-order valence-corrected chi connectivity index (χ0v) is 15.0. The first-order valence-electron chi connectivity index (χ1n) is 8.38. The summed E-state index contributed by atoms with van der Waals surface area (Å²) in [5.41, 5.74) is 1.18. The summed E-state index contributed by atoms with van der Waals surface area (Å²) in [6.07, 6.45) is 1.35. The van der Waals surface area contributed by atoms with Gasteiger partial charge in [0, 0.05) is 11.6 Å². The lowest BCUT2D eigenvalue weighted by Gasteiger charge is -2.08. The molecule has 1 heterocycles. The van der Waals surface area contributed by atoms with Crippen LogP contribution >= 0.6 is 0 Å². The molecule has 0 atom stereocenters. The van der Waals surface area contributed by atoms with Crippen molar-refractivity contribution in [1.82, 2.24) is 0 Å². The highest BCUT2D eigenvalue weighted by molar-refractivity contribution is 6.11. The summed E-state index contributed by atoms with van der Waals surface area (Å²) in [5.74, 6) is -0.249. The number of hydrogen-bond donors (Lipinski definition) is 1. The molecule has 0 aliphatic heterocycles. The van der Waals surface area contributed by atoms with Crippen molar-refractivity contribution in [3.63, 3.8) is 0 Å². The average molecular weight is 372 g/mol. The van der Waals surface area contributed by atoms with E-state index in [1.807, 2.05) is 36.4 Å². The van der Waals surface area contributed by atoms with Crippen molar-refractivity contribution >= 4 is 23.6 Å². The van der Waals surface area contributed by atoms with Crippen LogP contribution in [0.4, 0.5) is 5.69 Å². The number of para-hydroxylation sites is 1. The van der Waals surface area contributed by atoms with Gasteiger partial charge in [-0.2, -0.15) is 5.26 Å². The average Bonchev–Trinajstić information content (AvgIpc) is 3.21. The summed E-state index contributed by atoms with van der Waals surface area (Å²) in [6, 6.07) is 21.2. The van der Waals surface area contributed by atoms with Gasteiger partial charge in [-0.05, 0) is 24.3 Å². The van der Waals surface area contributed by atoms with Crippen LogP contribution in [-0.4, -0.2) is 19.0 Å². The molecule has 1 amide bonds. The summed E-state index contributed by atoms with van der Waals surface area (Å²) in [7, 11) is 1.25. The third-order valence-electron chi connectivity index (χ3n) is 3.92. The monoisotopic (exact) mass is 372 g/mol. The summed E-state index contributed by atoms with van der Waals surface area (Å²) in [5, 5.41) is 11.9. The lowest BCUT2D eigenvalue weighted by molar-refractivity contribution is -0.112. The van der Waals surface area contributed by atoms with Crippen LogP contribution in [0.5, 0.6) is 0 Å². The van der Waals surface area contributed by atoms with Crippen molar-refractivity contribution in [2.24, 2.45) is 0 Å². The Labute approximate surface area is 161 Å². The van der Waals surface area contributed by atoms with Gasteiger partial charge in [-0.1, -0.05) is 42.5 Å². The molecule has 28 heavy (non-hydrogen) atoms. The molecule has 0 radical (unpaired) electrons. The zero-order valence-electron chi connectivity index (χ0n) is 15.0. The van der Waals surface area contributed by atoms with E-state index in [0.717, 1.165) is 5.56 Å². The van der Waals surface area contributed by atoms with E-state index in [2.05, 4.69) is 5.32 Å². The maximum Gasteiger partial charge on any atom is 0.339 e. The SMILES string of the molecule is COC(=O)c1ccccc1NC(=O)/C(C#N)=C/c1ccc(-c2ccccc2)o1. The van der Waals surface area contributed by atoms with Crippen LogP contribution in [0.1, 0.15) is 16.1 Å². The normalized spacial score (nSPS) is 10.8. The van der Waals surface area contributed by atoms with Crippen LogP contribution in [0.25, 0.3) is 17.4 Å². The third kappa shape index (κ3) is 4.17. The number of furan rings is 1. The standard InChI is InChI=1S/C22H16N2O4/c1-27-22(26)18-9-5-6-10-19(18)24-21(25)16(14-23)13-17-11-12-20(28-17)15-7-3-2-4-8-15/h2-13H,1H3,(H,24,25)/b16-13+. The molecule has 0 fully saturated rings. The number of carbonyl (C=O) groups excluding carboxylic acids is 2. The molecule has 0 spiro atoms. The minimum absolute atomic E-state index is 0.159. The van der Waals surface area contributed by atoms with Crippen molar-refractivity contribution in [2.75, 3.05) is 12.4 Å². The van der Waals surface area contributed by atoms with Crippen LogP contribution in [0.15, 0.2) is 76.7 Å².